The molecule has 1 saturated carbocycles. The summed E-state index contributed by atoms with van der Waals surface area (Å²) < 4.78 is 31.5. The van der Waals surface area contributed by atoms with Crippen molar-refractivity contribution in [3.05, 3.63) is 27.6 Å². The van der Waals surface area contributed by atoms with E-state index in [0.717, 1.165) is 12.3 Å². The standard InChI is InChI=1S/C10H13ClN2O4S/c1-17-7-2-6(3-7)13-18(15,16)8-4-9(11)10(14)12-5-8/h4-7,13H,2-3H2,1H3,(H,12,14). The smallest absolute Gasteiger partial charge is 0.266 e. The minimum atomic E-state index is -3.65. The van der Waals surface area contributed by atoms with Crippen molar-refractivity contribution < 1.29 is 13.2 Å². The van der Waals surface area contributed by atoms with E-state index in [0.29, 0.717) is 12.8 Å². The number of methoxy groups -OCH3 is 1. The van der Waals surface area contributed by atoms with Gasteiger partial charge in [-0.2, -0.15) is 0 Å². The largest absolute Gasteiger partial charge is 0.381 e. The van der Waals surface area contributed by atoms with Gasteiger partial charge in [-0.25, -0.2) is 13.1 Å². The molecule has 1 aliphatic carbocycles. The number of hydrogen-bond acceptors (Lipinski definition) is 4. The number of nitrogens with one attached hydrogen (secondary N) is 2. The Morgan fingerprint density at radius 2 is 2.17 bits per heavy atom. The average Bonchev–Trinajstić information content (AvgIpc) is 2.26. The van der Waals surface area contributed by atoms with E-state index < -0.39 is 15.6 Å². The van der Waals surface area contributed by atoms with Crippen LogP contribution in [0.2, 0.25) is 5.02 Å². The van der Waals surface area contributed by atoms with Gasteiger partial charge in [-0.3, -0.25) is 4.79 Å². The molecule has 2 rings (SSSR count). The molecule has 0 unspecified atom stereocenters. The van der Waals surface area contributed by atoms with Gasteiger partial charge in [-0.05, 0) is 18.9 Å². The number of sulfonamides is 1. The van der Waals surface area contributed by atoms with Crippen LogP contribution in [0.1, 0.15) is 12.8 Å². The van der Waals surface area contributed by atoms with Crippen LogP contribution in [0.15, 0.2) is 22.0 Å². The fourth-order valence-electron chi connectivity index (χ4n) is 1.73. The number of H-pyrrole nitrogens is 1. The molecule has 0 radical (unpaired) electrons. The van der Waals surface area contributed by atoms with Crippen LogP contribution < -0.4 is 10.3 Å². The van der Waals surface area contributed by atoms with Gasteiger partial charge in [0.2, 0.25) is 10.0 Å². The van der Waals surface area contributed by atoms with E-state index in [1.807, 2.05) is 0 Å². The quantitative estimate of drug-likeness (QED) is 0.845. The number of pyridine rings is 1. The lowest BCUT2D eigenvalue weighted by atomic mass is 9.90. The fraction of sp³-hybridized carbons (Fsp3) is 0.500. The summed E-state index contributed by atoms with van der Waals surface area (Å²) in [5, 5.41) is -0.152. The first-order valence-electron chi connectivity index (χ1n) is 5.36. The summed E-state index contributed by atoms with van der Waals surface area (Å²) in [5.41, 5.74) is -0.515. The molecule has 6 nitrogen and oxygen atoms in total. The first-order valence-corrected chi connectivity index (χ1v) is 7.22. The second-order valence-corrected chi connectivity index (χ2v) is 6.28. The maximum Gasteiger partial charge on any atom is 0.266 e. The van der Waals surface area contributed by atoms with Crippen LogP contribution >= 0.6 is 11.6 Å². The maximum atomic E-state index is 12.0. The Morgan fingerprint density at radius 1 is 1.50 bits per heavy atom. The topological polar surface area (TPSA) is 88.3 Å². The van der Waals surface area contributed by atoms with Gasteiger partial charge in [0.15, 0.2) is 0 Å². The van der Waals surface area contributed by atoms with E-state index in [1.165, 1.54) is 0 Å². The van der Waals surface area contributed by atoms with Gasteiger partial charge >= 0.3 is 0 Å². The fourth-order valence-corrected chi connectivity index (χ4v) is 3.23. The minimum absolute atomic E-state index is 0.0482. The average molecular weight is 293 g/mol. The summed E-state index contributed by atoms with van der Waals surface area (Å²) in [6.07, 6.45) is 2.53. The predicted molar refractivity (Wildman–Crippen MR) is 66.2 cm³/mol. The molecule has 0 aliphatic heterocycles. The van der Waals surface area contributed by atoms with Gasteiger partial charge in [0.05, 0.1) is 11.0 Å². The molecule has 0 spiro atoms. The van der Waals surface area contributed by atoms with Crippen LogP contribution in [-0.2, 0) is 14.8 Å². The molecule has 0 saturated heterocycles. The molecule has 100 valence electrons. The highest BCUT2D eigenvalue weighted by Crippen LogP contribution is 2.24. The zero-order valence-corrected chi connectivity index (χ0v) is 11.2. The molecule has 1 fully saturated rings. The van der Waals surface area contributed by atoms with Gasteiger partial charge in [0.1, 0.15) is 5.02 Å². The van der Waals surface area contributed by atoms with Crippen molar-refractivity contribution in [3.8, 4) is 0 Å². The molecule has 1 aromatic heterocycles. The molecule has 8 heteroatoms. The van der Waals surface area contributed by atoms with E-state index in [9.17, 15) is 13.2 Å². The van der Waals surface area contributed by atoms with Gasteiger partial charge in [0.25, 0.3) is 5.56 Å². The Labute approximate surface area is 109 Å². The maximum absolute atomic E-state index is 12.0. The van der Waals surface area contributed by atoms with Crippen LogP contribution in [-0.4, -0.2) is 32.7 Å². The van der Waals surface area contributed by atoms with E-state index >= 15 is 0 Å². The Balaban J connectivity index is 2.11. The van der Waals surface area contributed by atoms with E-state index in [1.54, 1.807) is 7.11 Å². The van der Waals surface area contributed by atoms with Crippen LogP contribution in [0.3, 0.4) is 0 Å². The van der Waals surface area contributed by atoms with Gasteiger partial charge in [0, 0.05) is 19.3 Å². The normalized spacial score (nSPS) is 23.7. The molecular formula is C10H13ClN2O4S. The van der Waals surface area contributed by atoms with Crippen molar-refractivity contribution in [1.82, 2.24) is 9.71 Å². The zero-order chi connectivity index (χ0) is 13.3. The lowest BCUT2D eigenvalue weighted by Gasteiger charge is -2.34. The SMILES string of the molecule is COC1CC(NS(=O)(=O)c2c[nH]c(=O)c(Cl)c2)C1. The highest BCUT2D eigenvalue weighted by Gasteiger charge is 2.32. The third-order valence-electron chi connectivity index (χ3n) is 2.89. The Kier molecular flexibility index (Phi) is 3.76. The van der Waals surface area contributed by atoms with Crippen LogP contribution in [0.25, 0.3) is 0 Å². The summed E-state index contributed by atoms with van der Waals surface area (Å²) in [5.74, 6) is 0. The zero-order valence-electron chi connectivity index (χ0n) is 9.64. The van der Waals surface area contributed by atoms with E-state index in [-0.39, 0.29) is 22.1 Å². The number of ether oxygens (including phenoxy) is 1. The third-order valence-corrected chi connectivity index (χ3v) is 4.67. The summed E-state index contributed by atoms with van der Waals surface area (Å²) >= 11 is 5.59. The number of halogens is 1. The van der Waals surface area contributed by atoms with Crippen molar-refractivity contribution in [2.45, 2.75) is 29.9 Å². The molecule has 1 heterocycles. The van der Waals surface area contributed by atoms with Gasteiger partial charge < -0.3 is 9.72 Å². The molecule has 2 N–H and O–H groups in total. The van der Waals surface area contributed by atoms with Crippen molar-refractivity contribution in [1.29, 1.82) is 0 Å². The van der Waals surface area contributed by atoms with Gasteiger partial charge in [-0.15, -0.1) is 0 Å². The monoisotopic (exact) mass is 292 g/mol. The van der Waals surface area contributed by atoms with Crippen LogP contribution in [0, 0.1) is 0 Å². The summed E-state index contributed by atoms with van der Waals surface area (Å²) in [7, 11) is -2.06. The molecule has 0 aromatic carbocycles. The van der Waals surface area contributed by atoms with Crippen LogP contribution in [0.5, 0.6) is 0 Å². The molecule has 0 bridgehead atoms. The summed E-state index contributed by atoms with van der Waals surface area (Å²) in [4.78, 5) is 13.3. The molecular weight excluding hydrogens is 280 g/mol. The molecule has 1 aliphatic rings. The van der Waals surface area contributed by atoms with Crippen molar-refractivity contribution in [3.63, 3.8) is 0 Å². The Morgan fingerprint density at radius 3 is 2.72 bits per heavy atom. The van der Waals surface area contributed by atoms with E-state index in [2.05, 4.69) is 9.71 Å². The number of aromatic amines is 1. The predicted octanol–water partition coefficient (Wildman–Crippen LogP) is 0.484. The number of hydrogen-bond donors (Lipinski definition) is 2. The van der Waals surface area contributed by atoms with Crippen molar-refractivity contribution in [2.75, 3.05) is 7.11 Å². The Hall–Kier alpha value is -0.890. The first kappa shape index (κ1) is 13.5. The summed E-state index contributed by atoms with van der Waals surface area (Å²) in [6, 6.07) is 1.00. The highest BCUT2D eigenvalue weighted by atomic mass is 35.5. The Bertz CT molecular complexity index is 592. The minimum Gasteiger partial charge on any atom is -0.381 e. The second-order valence-electron chi connectivity index (χ2n) is 4.16. The third kappa shape index (κ3) is 2.74. The van der Waals surface area contributed by atoms with E-state index in [4.69, 9.17) is 16.3 Å². The lowest BCUT2D eigenvalue weighted by molar-refractivity contribution is 0.0236. The van der Waals surface area contributed by atoms with Crippen molar-refractivity contribution >= 4 is 21.6 Å². The van der Waals surface area contributed by atoms with Crippen LogP contribution in [0.4, 0.5) is 0 Å². The summed E-state index contributed by atoms with van der Waals surface area (Å²) in [6.45, 7) is 0. The highest BCUT2D eigenvalue weighted by molar-refractivity contribution is 7.89. The van der Waals surface area contributed by atoms with Crippen molar-refractivity contribution in [2.24, 2.45) is 0 Å². The molecule has 18 heavy (non-hydrogen) atoms. The second kappa shape index (κ2) is 5.00. The molecule has 0 amide bonds. The number of aromatic nitrogens is 1. The van der Waals surface area contributed by atoms with Gasteiger partial charge in [-0.1, -0.05) is 11.6 Å². The number of rotatable bonds is 4. The first-order chi connectivity index (χ1) is 8.42. The molecule has 1 aromatic rings. The molecule has 0 atom stereocenters. The lowest BCUT2D eigenvalue weighted by Crippen LogP contribution is -2.47.